The molecule has 1 amide bonds. The minimum Gasteiger partial charge on any atom is -0.376 e. The Balaban J connectivity index is 1.70. The lowest BCUT2D eigenvalue weighted by Crippen LogP contribution is -2.69. The summed E-state index contributed by atoms with van der Waals surface area (Å²) in [7, 11) is 0. The molecule has 1 aromatic rings. The minimum absolute atomic E-state index is 0.0304. The quantitative estimate of drug-likeness (QED) is 0.780. The zero-order chi connectivity index (χ0) is 12.7. The number of carbonyl (C=O) groups is 1. The topological polar surface area (TPSA) is 64.3 Å². The summed E-state index contributed by atoms with van der Waals surface area (Å²) in [4.78, 5) is 12.2. The normalized spacial score (nSPS) is 33.7. The molecule has 0 aromatic heterocycles. The van der Waals surface area contributed by atoms with Crippen LogP contribution in [0.1, 0.15) is 16.8 Å². The molecule has 0 spiro atoms. The average Bonchev–Trinajstić information content (AvgIpc) is 2.81. The van der Waals surface area contributed by atoms with E-state index >= 15 is 0 Å². The van der Waals surface area contributed by atoms with Gasteiger partial charge in [0.25, 0.3) is 5.91 Å². The molecule has 5 heteroatoms. The van der Waals surface area contributed by atoms with E-state index in [4.69, 9.17) is 10.5 Å². The van der Waals surface area contributed by atoms with Gasteiger partial charge in [-0.3, -0.25) is 4.79 Å². The molecule has 18 heavy (non-hydrogen) atoms. The summed E-state index contributed by atoms with van der Waals surface area (Å²) in [6, 6.07) is 7.53. The zero-order valence-electron chi connectivity index (χ0n) is 9.80. The van der Waals surface area contributed by atoms with E-state index in [-0.39, 0.29) is 24.1 Å². The number of nitrogens with two attached hydrogens (primary N) is 1. The second-order valence-electron chi connectivity index (χ2n) is 4.84. The van der Waals surface area contributed by atoms with Gasteiger partial charge >= 0.3 is 0 Å². The number of carbonyl (C=O) groups excluding carboxylic acids is 1. The van der Waals surface area contributed by atoms with Crippen LogP contribution in [0, 0.1) is 9.49 Å². The van der Waals surface area contributed by atoms with Crippen LogP contribution >= 0.6 is 22.6 Å². The van der Waals surface area contributed by atoms with Crippen LogP contribution in [0.4, 0.5) is 0 Å². The second-order valence-corrected chi connectivity index (χ2v) is 6.01. The van der Waals surface area contributed by atoms with Crippen LogP contribution in [0.3, 0.4) is 0 Å². The number of hydrogen-bond acceptors (Lipinski definition) is 3. The van der Waals surface area contributed by atoms with Gasteiger partial charge in [0, 0.05) is 22.1 Å². The van der Waals surface area contributed by atoms with Crippen LogP contribution < -0.4 is 11.1 Å². The van der Waals surface area contributed by atoms with E-state index in [1.54, 1.807) is 0 Å². The maximum Gasteiger partial charge on any atom is 0.252 e. The highest BCUT2D eigenvalue weighted by Crippen LogP contribution is 2.37. The van der Waals surface area contributed by atoms with Crippen molar-refractivity contribution in [3.8, 4) is 0 Å². The Bertz CT molecular complexity index is 480. The monoisotopic (exact) mass is 358 g/mol. The smallest absolute Gasteiger partial charge is 0.252 e. The Kier molecular flexibility index (Phi) is 3.29. The molecule has 0 bridgehead atoms. The number of halogens is 1. The number of fused-ring (bicyclic) bond motifs is 1. The number of benzene rings is 1. The summed E-state index contributed by atoms with van der Waals surface area (Å²) in [5.41, 5.74) is 6.78. The van der Waals surface area contributed by atoms with Crippen molar-refractivity contribution < 1.29 is 9.53 Å². The molecule has 4 nitrogen and oxygen atoms in total. The average molecular weight is 358 g/mol. The van der Waals surface area contributed by atoms with Gasteiger partial charge in [-0.1, -0.05) is 12.1 Å². The zero-order valence-corrected chi connectivity index (χ0v) is 12.0. The fourth-order valence-corrected chi connectivity index (χ4v) is 3.43. The molecule has 1 aliphatic heterocycles. The van der Waals surface area contributed by atoms with Gasteiger partial charge < -0.3 is 15.8 Å². The second kappa shape index (κ2) is 4.79. The molecule has 4 unspecified atom stereocenters. The van der Waals surface area contributed by atoms with Gasteiger partial charge in [-0.2, -0.15) is 0 Å². The summed E-state index contributed by atoms with van der Waals surface area (Å²) in [6.45, 7) is 0.762. The lowest BCUT2D eigenvalue weighted by Gasteiger charge is -2.45. The van der Waals surface area contributed by atoms with Gasteiger partial charge in [0.05, 0.1) is 17.7 Å². The van der Waals surface area contributed by atoms with Crippen LogP contribution in [0.2, 0.25) is 0 Å². The van der Waals surface area contributed by atoms with Crippen LogP contribution in [0.15, 0.2) is 24.3 Å². The molecular formula is C13H15IN2O2. The van der Waals surface area contributed by atoms with Crippen molar-refractivity contribution in [2.45, 2.75) is 24.6 Å². The van der Waals surface area contributed by atoms with Crippen molar-refractivity contribution in [2.75, 3.05) is 6.61 Å². The Hall–Kier alpha value is -0.660. The van der Waals surface area contributed by atoms with Crippen molar-refractivity contribution in [3.05, 3.63) is 33.4 Å². The van der Waals surface area contributed by atoms with Gasteiger partial charge in [0.2, 0.25) is 0 Å². The summed E-state index contributed by atoms with van der Waals surface area (Å²) >= 11 is 2.17. The highest BCUT2D eigenvalue weighted by molar-refractivity contribution is 14.1. The molecule has 3 rings (SSSR count). The van der Waals surface area contributed by atoms with Crippen molar-refractivity contribution in [1.82, 2.24) is 5.32 Å². The maximum absolute atomic E-state index is 12.2. The Labute approximate surface area is 119 Å². The van der Waals surface area contributed by atoms with Gasteiger partial charge in [0.15, 0.2) is 0 Å². The highest BCUT2D eigenvalue weighted by Gasteiger charge is 2.52. The van der Waals surface area contributed by atoms with Crippen molar-refractivity contribution >= 4 is 28.5 Å². The number of ether oxygens (including phenoxy) is 1. The standard InChI is InChI=1S/C13H15IN2O2/c14-9-4-2-1-3-7(9)13(17)16-11-10(15)8-5-6-18-12(8)11/h1-4,8,10-12H,5-6,15H2,(H,16,17). The molecule has 1 saturated carbocycles. The Morgan fingerprint density at radius 1 is 1.44 bits per heavy atom. The number of amides is 1. The molecule has 2 fully saturated rings. The van der Waals surface area contributed by atoms with Gasteiger partial charge in [-0.25, -0.2) is 0 Å². The number of hydrogen-bond donors (Lipinski definition) is 2. The van der Waals surface area contributed by atoms with Gasteiger partial charge in [-0.05, 0) is 41.1 Å². The van der Waals surface area contributed by atoms with Crippen molar-refractivity contribution in [2.24, 2.45) is 11.7 Å². The molecule has 3 N–H and O–H groups in total. The minimum atomic E-state index is -0.0607. The lowest BCUT2D eigenvalue weighted by molar-refractivity contribution is -0.0161. The first-order chi connectivity index (χ1) is 8.68. The van der Waals surface area contributed by atoms with E-state index in [1.807, 2.05) is 24.3 Å². The first-order valence-electron chi connectivity index (χ1n) is 6.11. The van der Waals surface area contributed by atoms with E-state index in [9.17, 15) is 4.79 Å². The first kappa shape index (κ1) is 12.4. The molecule has 1 saturated heterocycles. The summed E-state index contributed by atoms with van der Waals surface area (Å²) in [6.07, 6.45) is 1.13. The molecule has 4 atom stereocenters. The van der Waals surface area contributed by atoms with Crippen LogP contribution in [0.5, 0.6) is 0 Å². The Morgan fingerprint density at radius 2 is 2.22 bits per heavy atom. The van der Waals surface area contributed by atoms with E-state index in [0.717, 1.165) is 16.6 Å². The van der Waals surface area contributed by atoms with Crippen molar-refractivity contribution in [3.63, 3.8) is 0 Å². The summed E-state index contributed by atoms with van der Waals surface area (Å²) in [5.74, 6) is 0.361. The summed E-state index contributed by atoms with van der Waals surface area (Å²) in [5, 5.41) is 3.00. The molecule has 1 heterocycles. The highest BCUT2D eigenvalue weighted by atomic mass is 127. The molecule has 96 valence electrons. The SMILES string of the molecule is NC1C2CCOC2C1NC(=O)c1ccccc1I. The predicted molar refractivity (Wildman–Crippen MR) is 76.2 cm³/mol. The van der Waals surface area contributed by atoms with Crippen molar-refractivity contribution in [1.29, 1.82) is 0 Å². The van der Waals surface area contributed by atoms with E-state index < -0.39 is 0 Å². The fourth-order valence-electron chi connectivity index (χ4n) is 2.80. The lowest BCUT2D eigenvalue weighted by atomic mass is 9.72. The largest absolute Gasteiger partial charge is 0.376 e. The third-order valence-electron chi connectivity index (χ3n) is 3.86. The molecule has 0 radical (unpaired) electrons. The first-order valence-corrected chi connectivity index (χ1v) is 7.19. The summed E-state index contributed by atoms with van der Waals surface area (Å²) < 4.78 is 6.55. The number of nitrogens with one attached hydrogen (secondary N) is 1. The third kappa shape index (κ3) is 1.94. The molecule has 2 aliphatic rings. The molecule has 1 aliphatic carbocycles. The maximum atomic E-state index is 12.2. The van der Waals surface area contributed by atoms with Crippen LogP contribution in [-0.2, 0) is 4.74 Å². The van der Waals surface area contributed by atoms with Gasteiger partial charge in [-0.15, -0.1) is 0 Å². The van der Waals surface area contributed by atoms with Gasteiger partial charge in [0.1, 0.15) is 0 Å². The predicted octanol–water partition coefficient (Wildman–Crippen LogP) is 1.14. The number of rotatable bonds is 2. The van der Waals surface area contributed by atoms with E-state index in [2.05, 4.69) is 27.9 Å². The Morgan fingerprint density at radius 3 is 3.00 bits per heavy atom. The van der Waals surface area contributed by atoms with Crippen LogP contribution in [-0.4, -0.2) is 30.7 Å². The fraction of sp³-hybridized carbons (Fsp3) is 0.462. The molecule has 1 aromatic carbocycles. The third-order valence-corrected chi connectivity index (χ3v) is 4.80. The molecular weight excluding hydrogens is 343 g/mol. The van der Waals surface area contributed by atoms with Crippen LogP contribution in [0.25, 0.3) is 0 Å². The van der Waals surface area contributed by atoms with E-state index in [0.29, 0.717) is 11.5 Å². The van der Waals surface area contributed by atoms with E-state index in [1.165, 1.54) is 0 Å².